The number of cyclic esters (lactones) is 1. The molecule has 2 aliphatic rings. The molecule has 2 heterocycles. The minimum atomic E-state index is -0.770. The van der Waals surface area contributed by atoms with Crippen LogP contribution in [0.3, 0.4) is 0 Å². The molecule has 2 amide bonds. The van der Waals surface area contributed by atoms with E-state index in [0.717, 1.165) is 24.5 Å². The van der Waals surface area contributed by atoms with Crippen molar-refractivity contribution in [2.45, 2.75) is 37.9 Å². The van der Waals surface area contributed by atoms with Gasteiger partial charge in [-0.15, -0.1) is 0 Å². The number of piperidine rings is 1. The van der Waals surface area contributed by atoms with Crippen LogP contribution in [0.5, 0.6) is 0 Å². The zero-order valence-corrected chi connectivity index (χ0v) is 15.6. The molecule has 2 fully saturated rings. The average Bonchev–Trinajstić information content (AvgIpc) is 3.02. The quantitative estimate of drug-likeness (QED) is 0.680. The third-order valence-corrected chi connectivity index (χ3v) is 5.25. The number of hydrogen-bond acceptors (Lipinski definition) is 6. The van der Waals surface area contributed by atoms with Gasteiger partial charge in [-0.25, -0.2) is 4.79 Å². The molecule has 0 spiro atoms. The largest absolute Gasteiger partial charge is 0.442 e. The van der Waals surface area contributed by atoms with Crippen LogP contribution in [-0.4, -0.2) is 66.7 Å². The Hall–Kier alpha value is -2.32. The van der Waals surface area contributed by atoms with E-state index in [-0.39, 0.29) is 18.6 Å². The maximum atomic E-state index is 12.1. The molecule has 0 bridgehead atoms. The van der Waals surface area contributed by atoms with E-state index in [1.54, 1.807) is 4.90 Å². The Bertz CT molecular complexity index is 670. The van der Waals surface area contributed by atoms with Gasteiger partial charge in [0.2, 0.25) is 5.91 Å². The highest BCUT2D eigenvalue weighted by Crippen LogP contribution is 2.30. The summed E-state index contributed by atoms with van der Waals surface area (Å²) >= 11 is 0. The van der Waals surface area contributed by atoms with Gasteiger partial charge in [-0.05, 0) is 43.5 Å². The number of carbonyl (C=O) groups is 2. The van der Waals surface area contributed by atoms with Crippen molar-refractivity contribution in [3.05, 3.63) is 24.3 Å². The second-order valence-electron chi connectivity index (χ2n) is 7.25. The second kappa shape index (κ2) is 8.14. The fourth-order valence-corrected chi connectivity index (χ4v) is 3.58. The van der Waals surface area contributed by atoms with Crippen molar-refractivity contribution in [1.29, 1.82) is 0 Å². The Morgan fingerprint density at radius 1 is 1.26 bits per heavy atom. The third kappa shape index (κ3) is 4.70. The van der Waals surface area contributed by atoms with Crippen molar-refractivity contribution in [3.63, 3.8) is 0 Å². The van der Waals surface area contributed by atoms with Crippen molar-refractivity contribution in [3.8, 4) is 0 Å². The van der Waals surface area contributed by atoms with Crippen LogP contribution in [0.1, 0.15) is 26.2 Å². The lowest BCUT2D eigenvalue weighted by Gasteiger charge is -2.39. The van der Waals surface area contributed by atoms with Crippen LogP contribution in [-0.2, 0) is 9.53 Å². The van der Waals surface area contributed by atoms with Gasteiger partial charge in [-0.2, -0.15) is 0 Å². The Kier molecular flexibility index (Phi) is 5.86. The summed E-state index contributed by atoms with van der Waals surface area (Å²) in [6, 6.07) is 7.68. The van der Waals surface area contributed by atoms with Crippen LogP contribution >= 0.6 is 0 Å². The maximum Gasteiger partial charge on any atom is 0.414 e. The molecule has 1 atom stereocenters. The predicted octanol–water partition coefficient (Wildman–Crippen LogP) is 0.862. The molecular weight excluding hydrogens is 350 g/mol. The average molecular weight is 377 g/mol. The molecule has 148 valence electrons. The third-order valence-electron chi connectivity index (χ3n) is 5.25. The van der Waals surface area contributed by atoms with Crippen molar-refractivity contribution < 1.29 is 24.5 Å². The molecule has 0 radical (unpaired) electrons. The maximum absolute atomic E-state index is 12.1. The van der Waals surface area contributed by atoms with Gasteiger partial charge in [0.15, 0.2) is 0 Å². The number of carbonyl (C=O) groups excluding carboxylic acids is 2. The molecule has 2 saturated heterocycles. The standard InChI is InChI=1S/C19H27N3O5/c1-14(24)20-12-17-13-22(18(25)27-17)16-4-2-15(3-5-16)21-9-6-19(26,7-10-21)8-11-23/h2-5,17,23,26H,6-13H2,1H3,(H,20,24)/t17-/m0/s1. The number of aliphatic hydroxyl groups excluding tert-OH is 1. The van der Waals surface area contributed by atoms with E-state index in [1.165, 1.54) is 6.92 Å². The van der Waals surface area contributed by atoms with Crippen LogP contribution in [0, 0.1) is 0 Å². The second-order valence-corrected chi connectivity index (χ2v) is 7.25. The molecule has 3 rings (SSSR count). The van der Waals surface area contributed by atoms with Gasteiger partial charge in [0.1, 0.15) is 6.10 Å². The molecule has 2 aliphatic heterocycles. The Balaban J connectivity index is 1.58. The van der Waals surface area contributed by atoms with E-state index in [2.05, 4.69) is 10.2 Å². The highest BCUT2D eigenvalue weighted by molar-refractivity contribution is 5.90. The van der Waals surface area contributed by atoms with Crippen LogP contribution in [0.4, 0.5) is 16.2 Å². The first-order valence-corrected chi connectivity index (χ1v) is 9.31. The first-order valence-electron chi connectivity index (χ1n) is 9.31. The van der Waals surface area contributed by atoms with Crippen molar-refractivity contribution in [2.75, 3.05) is 42.6 Å². The lowest BCUT2D eigenvalue weighted by Crippen LogP contribution is -2.44. The van der Waals surface area contributed by atoms with E-state index in [0.29, 0.717) is 32.4 Å². The van der Waals surface area contributed by atoms with Crippen LogP contribution in [0.25, 0.3) is 0 Å². The predicted molar refractivity (Wildman–Crippen MR) is 101 cm³/mol. The Morgan fingerprint density at radius 2 is 1.89 bits per heavy atom. The zero-order valence-electron chi connectivity index (χ0n) is 15.6. The highest BCUT2D eigenvalue weighted by atomic mass is 16.6. The van der Waals surface area contributed by atoms with Crippen LogP contribution < -0.4 is 15.1 Å². The van der Waals surface area contributed by atoms with E-state index in [4.69, 9.17) is 9.84 Å². The van der Waals surface area contributed by atoms with Crippen molar-refractivity contribution >= 4 is 23.4 Å². The summed E-state index contributed by atoms with van der Waals surface area (Å²) in [4.78, 5) is 26.8. The summed E-state index contributed by atoms with van der Waals surface area (Å²) in [7, 11) is 0. The number of rotatable bonds is 6. The molecule has 0 aliphatic carbocycles. The summed E-state index contributed by atoms with van der Waals surface area (Å²) in [5.41, 5.74) is 1.02. The lowest BCUT2D eigenvalue weighted by molar-refractivity contribution is -0.119. The van der Waals surface area contributed by atoms with Gasteiger partial charge in [0.25, 0.3) is 0 Å². The Labute approximate surface area is 158 Å². The van der Waals surface area contributed by atoms with E-state index in [9.17, 15) is 14.7 Å². The number of nitrogens with zero attached hydrogens (tertiary/aromatic N) is 2. The first kappa shape index (κ1) is 19.4. The van der Waals surface area contributed by atoms with E-state index in [1.807, 2.05) is 24.3 Å². The number of nitrogens with one attached hydrogen (secondary N) is 1. The van der Waals surface area contributed by atoms with Crippen molar-refractivity contribution in [1.82, 2.24) is 5.32 Å². The molecule has 1 aromatic rings. The van der Waals surface area contributed by atoms with E-state index >= 15 is 0 Å². The van der Waals surface area contributed by atoms with Gasteiger partial charge in [-0.1, -0.05) is 0 Å². The summed E-state index contributed by atoms with van der Waals surface area (Å²) in [5.74, 6) is -0.152. The summed E-state index contributed by atoms with van der Waals surface area (Å²) in [6.45, 7) is 3.58. The highest BCUT2D eigenvalue weighted by Gasteiger charge is 2.33. The summed E-state index contributed by atoms with van der Waals surface area (Å²) in [6.07, 6.45) is 0.894. The van der Waals surface area contributed by atoms with Gasteiger partial charge in [0, 0.05) is 38.0 Å². The van der Waals surface area contributed by atoms with E-state index < -0.39 is 11.7 Å². The molecule has 8 heteroatoms. The lowest BCUT2D eigenvalue weighted by atomic mass is 9.88. The summed E-state index contributed by atoms with van der Waals surface area (Å²) < 4.78 is 5.28. The monoisotopic (exact) mass is 377 g/mol. The smallest absolute Gasteiger partial charge is 0.414 e. The molecule has 8 nitrogen and oxygen atoms in total. The number of aliphatic hydroxyl groups is 2. The Morgan fingerprint density at radius 3 is 2.48 bits per heavy atom. The number of amides is 2. The number of ether oxygens (including phenoxy) is 1. The normalized spacial score (nSPS) is 21.9. The fraction of sp³-hybridized carbons (Fsp3) is 0.579. The molecular formula is C19H27N3O5. The minimum Gasteiger partial charge on any atom is -0.442 e. The molecule has 1 aromatic carbocycles. The first-order chi connectivity index (χ1) is 12.9. The summed E-state index contributed by atoms with van der Waals surface area (Å²) in [5, 5.41) is 22.1. The number of anilines is 2. The molecule has 27 heavy (non-hydrogen) atoms. The van der Waals surface area contributed by atoms with Gasteiger partial charge in [0.05, 0.1) is 18.7 Å². The van der Waals surface area contributed by atoms with Gasteiger partial charge < -0.3 is 25.2 Å². The molecule has 0 unspecified atom stereocenters. The number of benzene rings is 1. The zero-order chi connectivity index (χ0) is 19.4. The molecule has 0 aromatic heterocycles. The molecule has 0 saturated carbocycles. The minimum absolute atomic E-state index is 0.0000613. The fourth-order valence-electron chi connectivity index (χ4n) is 3.58. The number of hydrogen-bond donors (Lipinski definition) is 3. The topological polar surface area (TPSA) is 102 Å². The van der Waals surface area contributed by atoms with Crippen LogP contribution in [0.2, 0.25) is 0 Å². The van der Waals surface area contributed by atoms with Crippen LogP contribution in [0.15, 0.2) is 24.3 Å². The SMILES string of the molecule is CC(=O)NC[C@H]1CN(c2ccc(N3CCC(O)(CCO)CC3)cc2)C(=O)O1. The van der Waals surface area contributed by atoms with Crippen molar-refractivity contribution in [2.24, 2.45) is 0 Å². The van der Waals surface area contributed by atoms with Gasteiger partial charge >= 0.3 is 6.09 Å². The molecule has 3 N–H and O–H groups in total. The van der Waals surface area contributed by atoms with Gasteiger partial charge in [-0.3, -0.25) is 9.69 Å².